The number of likely N-dealkylation sites (tertiary alicyclic amines) is 1. The Morgan fingerprint density at radius 1 is 1.11 bits per heavy atom. The van der Waals surface area contributed by atoms with E-state index in [1.54, 1.807) is 20.8 Å². The second-order valence-corrected chi connectivity index (χ2v) is 9.96. The van der Waals surface area contributed by atoms with Gasteiger partial charge in [-0.1, -0.05) is 45.1 Å². The van der Waals surface area contributed by atoms with Crippen molar-refractivity contribution in [3.8, 4) is 0 Å². The highest BCUT2D eigenvalue weighted by atomic mass is 19.4. The highest BCUT2D eigenvalue weighted by molar-refractivity contribution is 5.67. The molecule has 0 radical (unpaired) electrons. The number of piperidine rings is 1. The molecule has 0 amide bonds. The van der Waals surface area contributed by atoms with Crippen LogP contribution in [0.1, 0.15) is 63.6 Å². The summed E-state index contributed by atoms with van der Waals surface area (Å²) in [6.07, 6.45) is -12.8. The smallest absolute Gasteiger partial charge is 0.416 e. The van der Waals surface area contributed by atoms with Gasteiger partial charge in [-0.2, -0.15) is 26.3 Å². The minimum Gasteiger partial charge on any atom is -0.481 e. The Balaban J connectivity index is 2.65. The van der Waals surface area contributed by atoms with Crippen LogP contribution in [0.15, 0.2) is 36.4 Å². The summed E-state index contributed by atoms with van der Waals surface area (Å²) < 4.78 is 109. The molecule has 198 valence electrons. The Kier molecular flexibility index (Phi) is 8.36. The number of hydrogen-bond donors (Lipinski definition) is 1. The van der Waals surface area contributed by atoms with Gasteiger partial charge in [0.2, 0.25) is 0 Å². The summed E-state index contributed by atoms with van der Waals surface area (Å²) in [4.78, 5) is 12.8. The van der Waals surface area contributed by atoms with Crippen LogP contribution in [-0.2, 0) is 11.0 Å². The highest BCUT2D eigenvalue weighted by Gasteiger charge is 2.53. The van der Waals surface area contributed by atoms with Crippen LogP contribution in [0.4, 0.5) is 35.1 Å². The number of halogens is 8. The molecule has 0 aliphatic carbocycles. The third kappa shape index (κ3) is 7.41. The number of hydrogen-bond acceptors (Lipinski definition) is 2. The van der Waals surface area contributed by atoms with E-state index < -0.39 is 78.9 Å². The maximum absolute atomic E-state index is 15.0. The number of carbonyl (C=O) groups is 1. The Hall–Kier alpha value is -2.17. The van der Waals surface area contributed by atoms with Crippen molar-refractivity contribution in [2.24, 2.45) is 11.3 Å². The topological polar surface area (TPSA) is 40.5 Å². The van der Waals surface area contributed by atoms with Gasteiger partial charge in [-0.3, -0.25) is 9.69 Å². The zero-order valence-electron chi connectivity index (χ0n) is 19.6. The van der Waals surface area contributed by atoms with Crippen LogP contribution in [0.25, 0.3) is 0 Å². The van der Waals surface area contributed by atoms with Gasteiger partial charge < -0.3 is 5.11 Å². The normalized spacial score (nSPS) is 22.6. The van der Waals surface area contributed by atoms with Crippen LogP contribution in [0.5, 0.6) is 0 Å². The van der Waals surface area contributed by atoms with E-state index in [2.05, 4.69) is 6.58 Å². The molecule has 2 rings (SSSR count). The molecule has 3 atom stereocenters. The van der Waals surface area contributed by atoms with Crippen molar-refractivity contribution in [2.45, 2.75) is 76.8 Å². The van der Waals surface area contributed by atoms with Gasteiger partial charge in [0.25, 0.3) is 5.92 Å². The molecule has 1 aliphatic heterocycles. The molecule has 1 heterocycles. The molecule has 1 aliphatic rings. The van der Waals surface area contributed by atoms with Crippen LogP contribution in [0.2, 0.25) is 0 Å². The maximum Gasteiger partial charge on any atom is 0.416 e. The van der Waals surface area contributed by atoms with Crippen molar-refractivity contribution in [3.63, 3.8) is 0 Å². The quantitative estimate of drug-likeness (QED) is 0.302. The second-order valence-electron chi connectivity index (χ2n) is 9.96. The summed E-state index contributed by atoms with van der Waals surface area (Å²) in [5.41, 5.74) is -1.44. The third-order valence-corrected chi connectivity index (χ3v) is 6.43. The van der Waals surface area contributed by atoms with E-state index in [4.69, 9.17) is 0 Å². The molecule has 1 aromatic rings. The van der Waals surface area contributed by atoms with Crippen molar-refractivity contribution in [2.75, 3.05) is 6.54 Å². The van der Waals surface area contributed by atoms with Crippen molar-refractivity contribution < 1.29 is 45.0 Å². The molecule has 1 saturated heterocycles. The van der Waals surface area contributed by atoms with Gasteiger partial charge in [0.15, 0.2) is 0 Å². The van der Waals surface area contributed by atoms with Gasteiger partial charge in [0.1, 0.15) is 0 Å². The predicted octanol–water partition coefficient (Wildman–Crippen LogP) is 7.49. The number of rotatable bonds is 7. The Labute approximate surface area is 198 Å². The molecule has 0 unspecified atom stereocenters. The molecule has 0 saturated carbocycles. The zero-order chi connectivity index (χ0) is 27.0. The van der Waals surface area contributed by atoms with Crippen molar-refractivity contribution in [1.82, 2.24) is 4.90 Å². The summed E-state index contributed by atoms with van der Waals surface area (Å²) in [6.45, 7) is 8.67. The average molecular weight is 515 g/mol. The minimum atomic E-state index is -4.69. The number of carboxylic acids is 1. The second kappa shape index (κ2) is 10.1. The van der Waals surface area contributed by atoms with Gasteiger partial charge >= 0.3 is 18.3 Å². The van der Waals surface area contributed by atoms with E-state index in [1.165, 1.54) is 4.90 Å². The summed E-state index contributed by atoms with van der Waals surface area (Å²) in [5.74, 6) is -6.92. The lowest BCUT2D eigenvalue weighted by atomic mass is 9.75. The maximum atomic E-state index is 15.0. The monoisotopic (exact) mass is 515 g/mol. The third-order valence-electron chi connectivity index (χ3n) is 6.43. The number of benzene rings is 1. The van der Waals surface area contributed by atoms with Crippen molar-refractivity contribution in [1.29, 1.82) is 0 Å². The summed E-state index contributed by atoms with van der Waals surface area (Å²) in [7, 11) is 0. The van der Waals surface area contributed by atoms with Crippen LogP contribution in [-0.4, -0.2) is 40.7 Å². The molecule has 1 N–H and O–H groups in total. The zero-order valence-corrected chi connectivity index (χ0v) is 19.6. The molecule has 11 heteroatoms. The number of alkyl halides is 8. The fourth-order valence-electron chi connectivity index (χ4n) is 4.50. The van der Waals surface area contributed by atoms with Crippen molar-refractivity contribution >= 4 is 5.97 Å². The first-order valence-corrected chi connectivity index (χ1v) is 11.0. The van der Waals surface area contributed by atoms with Gasteiger partial charge in [0, 0.05) is 31.5 Å². The van der Waals surface area contributed by atoms with Gasteiger partial charge in [-0.05, 0) is 29.5 Å². The summed E-state index contributed by atoms with van der Waals surface area (Å²) >= 11 is 0. The molecule has 0 spiro atoms. The molecule has 35 heavy (non-hydrogen) atoms. The van der Waals surface area contributed by atoms with Crippen LogP contribution < -0.4 is 0 Å². The van der Waals surface area contributed by atoms with Crippen LogP contribution in [0, 0.1) is 11.3 Å². The Morgan fingerprint density at radius 2 is 1.66 bits per heavy atom. The summed E-state index contributed by atoms with van der Waals surface area (Å²) in [5, 5.41) is 9.32. The van der Waals surface area contributed by atoms with Crippen LogP contribution in [0.3, 0.4) is 0 Å². The largest absolute Gasteiger partial charge is 0.481 e. The SMILES string of the molecule is C=C([C@H](CCC(F)(F)F)N1CCC(F)(F)[C@H](CC(=O)O)[C@H]1c1ccc(C(F)(F)F)cc1)C(C)(C)C. The lowest BCUT2D eigenvalue weighted by molar-refractivity contribution is -0.165. The molecule has 3 nitrogen and oxygen atoms in total. The standard InChI is InChI=1S/C24H29F8NO2/c1-14(21(2,3)4)18(9-10-23(27,28)29)33-12-11-22(25,26)17(13-19(34)35)20(33)15-5-7-16(8-6-15)24(30,31)32/h5-8,17-18,20H,1,9-13H2,2-4H3,(H,34,35)/t17-,18+,20-/m1/s1. The fourth-order valence-corrected chi connectivity index (χ4v) is 4.50. The Morgan fingerprint density at radius 3 is 2.09 bits per heavy atom. The molecular formula is C24H29F8NO2. The first kappa shape index (κ1) is 29.1. The highest BCUT2D eigenvalue weighted by Crippen LogP contribution is 2.50. The Bertz CT molecular complexity index is 900. The van der Waals surface area contributed by atoms with E-state index in [0.29, 0.717) is 17.7 Å². The lowest BCUT2D eigenvalue weighted by Gasteiger charge is -2.50. The van der Waals surface area contributed by atoms with Crippen LogP contribution >= 0.6 is 0 Å². The molecular weight excluding hydrogens is 486 g/mol. The molecule has 1 fully saturated rings. The number of nitrogens with zero attached hydrogens (tertiary/aromatic N) is 1. The first-order chi connectivity index (χ1) is 15.7. The minimum absolute atomic E-state index is 0.0256. The van der Waals surface area contributed by atoms with E-state index in [0.717, 1.165) is 12.1 Å². The lowest BCUT2D eigenvalue weighted by Crippen LogP contribution is -2.54. The predicted molar refractivity (Wildman–Crippen MR) is 114 cm³/mol. The molecule has 0 bridgehead atoms. The fraction of sp³-hybridized carbons (Fsp3) is 0.625. The number of carboxylic acid groups (broad SMARTS) is 1. The van der Waals surface area contributed by atoms with Gasteiger partial charge in [-0.25, -0.2) is 8.78 Å². The van der Waals surface area contributed by atoms with E-state index >= 15 is 8.78 Å². The van der Waals surface area contributed by atoms with Gasteiger partial charge in [-0.15, -0.1) is 0 Å². The van der Waals surface area contributed by atoms with E-state index in [1.807, 2.05) is 0 Å². The number of aliphatic carboxylic acids is 1. The van der Waals surface area contributed by atoms with Crippen molar-refractivity contribution in [3.05, 3.63) is 47.5 Å². The first-order valence-electron chi connectivity index (χ1n) is 11.0. The van der Waals surface area contributed by atoms with E-state index in [9.17, 15) is 36.2 Å². The average Bonchev–Trinajstić information content (AvgIpc) is 2.68. The summed E-state index contributed by atoms with van der Waals surface area (Å²) in [6, 6.07) is 0.864. The van der Waals surface area contributed by atoms with E-state index in [-0.39, 0.29) is 12.1 Å². The molecule has 1 aromatic carbocycles. The molecule has 0 aromatic heterocycles. The van der Waals surface area contributed by atoms with Gasteiger partial charge in [0.05, 0.1) is 17.9 Å².